The molecule has 0 unspecified atom stereocenters. The van der Waals surface area contributed by atoms with Crippen LogP contribution in [0.1, 0.15) is 18.4 Å². The second-order valence-corrected chi connectivity index (χ2v) is 7.04. The number of ether oxygens (including phenoxy) is 2. The van der Waals surface area contributed by atoms with Crippen LogP contribution in [0.4, 0.5) is 10.2 Å². The highest BCUT2D eigenvalue weighted by Crippen LogP contribution is 2.29. The first-order valence-corrected chi connectivity index (χ1v) is 9.75. The van der Waals surface area contributed by atoms with E-state index in [1.807, 2.05) is 18.2 Å². The van der Waals surface area contributed by atoms with E-state index in [1.54, 1.807) is 19.8 Å². The first-order valence-electron chi connectivity index (χ1n) is 9.75. The van der Waals surface area contributed by atoms with Crippen molar-refractivity contribution in [1.29, 1.82) is 0 Å². The molecule has 1 aliphatic heterocycles. The molecule has 0 bridgehead atoms. The highest BCUT2D eigenvalue weighted by atomic mass is 19.1. The Labute approximate surface area is 168 Å². The molecule has 3 aromatic rings. The summed E-state index contributed by atoms with van der Waals surface area (Å²) in [6.45, 7) is 2.27. The zero-order valence-electron chi connectivity index (χ0n) is 16.4. The average Bonchev–Trinajstić information content (AvgIpc) is 3.24. The minimum atomic E-state index is -0.523. The maximum Gasteiger partial charge on any atom is 0.162 e. The lowest BCUT2D eigenvalue weighted by molar-refractivity contribution is 0.210. The molecule has 2 aromatic heterocycles. The van der Waals surface area contributed by atoms with E-state index in [9.17, 15) is 4.39 Å². The standard InChI is InChI=1S/C20H25FN6O2/c1-28-16-3-2-14(10-17(16)29-9-6-21)11-27-7-4-15(5-8-27)26-20-18-19(23-12-22-18)24-13-25-20/h2-3,10,12-13,15H,4-9,11H2,1H3,(H2,22,23,24,25,26). The molecule has 1 aliphatic rings. The van der Waals surface area contributed by atoms with Gasteiger partial charge in [-0.15, -0.1) is 0 Å². The number of rotatable bonds is 8. The van der Waals surface area contributed by atoms with Gasteiger partial charge < -0.3 is 19.8 Å². The Kier molecular flexibility index (Phi) is 6.04. The fourth-order valence-electron chi connectivity index (χ4n) is 3.64. The predicted octanol–water partition coefficient (Wildman–Crippen LogP) is 2.79. The summed E-state index contributed by atoms with van der Waals surface area (Å²) in [5.74, 6) is 1.99. The van der Waals surface area contributed by atoms with Gasteiger partial charge in [-0.2, -0.15) is 0 Å². The van der Waals surface area contributed by atoms with Crippen molar-refractivity contribution in [1.82, 2.24) is 24.8 Å². The molecule has 0 aliphatic carbocycles. The third-order valence-electron chi connectivity index (χ3n) is 5.11. The van der Waals surface area contributed by atoms with Crippen molar-refractivity contribution in [3.05, 3.63) is 36.4 Å². The first-order chi connectivity index (χ1) is 14.3. The third kappa shape index (κ3) is 4.56. The number of H-pyrrole nitrogens is 1. The highest BCUT2D eigenvalue weighted by molar-refractivity contribution is 5.82. The van der Waals surface area contributed by atoms with Crippen molar-refractivity contribution in [2.24, 2.45) is 0 Å². The van der Waals surface area contributed by atoms with Gasteiger partial charge in [0.15, 0.2) is 23.0 Å². The topological polar surface area (TPSA) is 88.2 Å². The lowest BCUT2D eigenvalue weighted by Gasteiger charge is -2.32. The number of benzene rings is 1. The Morgan fingerprint density at radius 2 is 2.07 bits per heavy atom. The second-order valence-electron chi connectivity index (χ2n) is 7.04. The van der Waals surface area contributed by atoms with E-state index in [0.29, 0.717) is 17.5 Å². The van der Waals surface area contributed by atoms with Crippen LogP contribution in [-0.4, -0.2) is 64.4 Å². The van der Waals surface area contributed by atoms with Crippen molar-refractivity contribution in [3.63, 3.8) is 0 Å². The maximum atomic E-state index is 12.5. The number of aromatic nitrogens is 4. The summed E-state index contributed by atoms with van der Waals surface area (Å²) in [6.07, 6.45) is 5.20. The molecule has 0 amide bonds. The summed E-state index contributed by atoms with van der Waals surface area (Å²) in [6, 6.07) is 6.19. The highest BCUT2D eigenvalue weighted by Gasteiger charge is 2.21. The molecule has 4 rings (SSSR count). The average molecular weight is 400 g/mol. The van der Waals surface area contributed by atoms with Crippen LogP contribution in [0.5, 0.6) is 11.5 Å². The molecule has 0 spiro atoms. The van der Waals surface area contributed by atoms with Crippen LogP contribution in [0.25, 0.3) is 11.2 Å². The summed E-state index contributed by atoms with van der Waals surface area (Å²) >= 11 is 0. The van der Waals surface area contributed by atoms with Gasteiger partial charge in [0.2, 0.25) is 0 Å². The number of nitrogens with one attached hydrogen (secondary N) is 2. The van der Waals surface area contributed by atoms with Crippen LogP contribution in [0, 0.1) is 0 Å². The van der Waals surface area contributed by atoms with E-state index >= 15 is 0 Å². The Balaban J connectivity index is 1.33. The van der Waals surface area contributed by atoms with Crippen molar-refractivity contribution in [3.8, 4) is 11.5 Å². The number of likely N-dealkylation sites (tertiary alicyclic amines) is 1. The zero-order chi connectivity index (χ0) is 20.1. The van der Waals surface area contributed by atoms with Crippen molar-refractivity contribution >= 4 is 17.0 Å². The fourth-order valence-corrected chi connectivity index (χ4v) is 3.64. The van der Waals surface area contributed by atoms with Gasteiger partial charge in [-0.05, 0) is 30.5 Å². The smallest absolute Gasteiger partial charge is 0.162 e. The Bertz CT molecular complexity index is 942. The summed E-state index contributed by atoms with van der Waals surface area (Å²) in [7, 11) is 1.59. The van der Waals surface area contributed by atoms with Crippen LogP contribution in [0.15, 0.2) is 30.9 Å². The van der Waals surface area contributed by atoms with E-state index in [2.05, 4.69) is 30.2 Å². The summed E-state index contributed by atoms with van der Waals surface area (Å²) in [5, 5.41) is 3.51. The van der Waals surface area contributed by atoms with Crippen LogP contribution in [0.3, 0.4) is 0 Å². The lowest BCUT2D eigenvalue weighted by Crippen LogP contribution is -2.38. The quantitative estimate of drug-likeness (QED) is 0.601. The summed E-state index contributed by atoms with van der Waals surface area (Å²) in [4.78, 5) is 18.2. The van der Waals surface area contributed by atoms with E-state index in [4.69, 9.17) is 9.47 Å². The molecule has 2 N–H and O–H groups in total. The van der Waals surface area contributed by atoms with Crippen LogP contribution in [-0.2, 0) is 6.54 Å². The molecule has 1 saturated heterocycles. The molecule has 0 radical (unpaired) electrons. The van der Waals surface area contributed by atoms with Gasteiger partial charge in [-0.1, -0.05) is 6.07 Å². The SMILES string of the molecule is COc1ccc(CN2CCC(Nc3ncnc4[nH]cnc34)CC2)cc1OCCF. The first kappa shape index (κ1) is 19.4. The van der Waals surface area contributed by atoms with Crippen LogP contribution in [0.2, 0.25) is 0 Å². The minimum Gasteiger partial charge on any atom is -0.493 e. The maximum absolute atomic E-state index is 12.5. The van der Waals surface area contributed by atoms with Crippen LogP contribution < -0.4 is 14.8 Å². The van der Waals surface area contributed by atoms with E-state index in [0.717, 1.165) is 55.0 Å². The Hall–Kier alpha value is -2.94. The number of anilines is 1. The molecule has 1 fully saturated rings. The predicted molar refractivity (Wildman–Crippen MR) is 108 cm³/mol. The monoisotopic (exact) mass is 400 g/mol. The Morgan fingerprint density at radius 1 is 1.21 bits per heavy atom. The molecule has 0 saturated carbocycles. The molecular formula is C20H25FN6O2. The third-order valence-corrected chi connectivity index (χ3v) is 5.11. The van der Waals surface area contributed by atoms with Gasteiger partial charge in [0.25, 0.3) is 0 Å². The van der Waals surface area contributed by atoms with Crippen LogP contribution >= 0.6 is 0 Å². The number of imidazole rings is 1. The van der Waals surface area contributed by atoms with Gasteiger partial charge >= 0.3 is 0 Å². The number of hydrogen-bond acceptors (Lipinski definition) is 7. The summed E-state index contributed by atoms with van der Waals surface area (Å²) in [5.41, 5.74) is 2.64. The normalized spacial score (nSPS) is 15.5. The van der Waals surface area contributed by atoms with Crippen molar-refractivity contribution in [2.45, 2.75) is 25.4 Å². The van der Waals surface area contributed by atoms with Gasteiger partial charge in [0, 0.05) is 25.7 Å². The molecule has 9 heteroatoms. The summed E-state index contributed by atoms with van der Waals surface area (Å²) < 4.78 is 23.2. The van der Waals surface area contributed by atoms with Gasteiger partial charge in [0.1, 0.15) is 25.1 Å². The zero-order valence-corrected chi connectivity index (χ0v) is 16.4. The number of halogens is 1. The second kappa shape index (κ2) is 9.04. The lowest BCUT2D eigenvalue weighted by atomic mass is 10.0. The Morgan fingerprint density at radius 3 is 2.86 bits per heavy atom. The number of alkyl halides is 1. The molecule has 8 nitrogen and oxygen atoms in total. The van der Waals surface area contributed by atoms with Gasteiger partial charge in [0.05, 0.1) is 13.4 Å². The minimum absolute atomic E-state index is 0.0309. The molecule has 154 valence electrons. The number of nitrogens with zero attached hydrogens (tertiary/aromatic N) is 4. The van der Waals surface area contributed by atoms with Crippen molar-refractivity contribution in [2.75, 3.05) is 38.8 Å². The van der Waals surface area contributed by atoms with Gasteiger partial charge in [-0.3, -0.25) is 4.90 Å². The number of fused-ring (bicyclic) bond motifs is 1. The number of piperidine rings is 1. The number of aromatic amines is 1. The van der Waals surface area contributed by atoms with E-state index in [1.165, 1.54) is 0 Å². The molecular weight excluding hydrogens is 375 g/mol. The molecule has 1 aromatic carbocycles. The van der Waals surface area contributed by atoms with E-state index in [-0.39, 0.29) is 6.61 Å². The fraction of sp³-hybridized carbons (Fsp3) is 0.450. The van der Waals surface area contributed by atoms with E-state index < -0.39 is 6.67 Å². The van der Waals surface area contributed by atoms with Gasteiger partial charge in [-0.25, -0.2) is 19.3 Å². The molecule has 0 atom stereocenters. The molecule has 29 heavy (non-hydrogen) atoms. The van der Waals surface area contributed by atoms with Crippen molar-refractivity contribution < 1.29 is 13.9 Å². The molecule has 3 heterocycles. The largest absolute Gasteiger partial charge is 0.493 e. The number of hydrogen-bond donors (Lipinski definition) is 2. The number of methoxy groups -OCH3 is 1.